The van der Waals surface area contributed by atoms with Gasteiger partial charge in [-0.25, -0.2) is 8.42 Å². The Labute approximate surface area is 137 Å². The van der Waals surface area contributed by atoms with Crippen molar-refractivity contribution in [2.45, 2.75) is 11.5 Å². The van der Waals surface area contributed by atoms with Crippen LogP contribution in [-0.2, 0) is 17.3 Å². The summed E-state index contributed by atoms with van der Waals surface area (Å²) in [7, 11) is -2.66. The quantitative estimate of drug-likeness (QED) is 0.724. The minimum Gasteiger partial charge on any atom is -0.489 e. The smallest absolute Gasteiger partial charge is 0.168 e. The van der Waals surface area contributed by atoms with Gasteiger partial charge in [-0.3, -0.25) is 0 Å². The van der Waals surface area contributed by atoms with Crippen molar-refractivity contribution >= 4 is 10.7 Å². The number of benzene rings is 3. The van der Waals surface area contributed by atoms with E-state index in [1.165, 1.54) is 0 Å². The first-order valence-corrected chi connectivity index (χ1v) is 8.42. The summed E-state index contributed by atoms with van der Waals surface area (Å²) < 4.78 is 28.8. The Morgan fingerprint density at radius 2 is 1.43 bits per heavy atom. The molecule has 0 radical (unpaired) electrons. The van der Waals surface area contributed by atoms with Crippen molar-refractivity contribution < 1.29 is 13.2 Å². The average molecular weight is 324 g/mol. The Morgan fingerprint density at radius 1 is 0.783 bits per heavy atom. The monoisotopic (exact) mass is 324 g/mol. The second-order valence-electron chi connectivity index (χ2n) is 5.08. The lowest BCUT2D eigenvalue weighted by atomic mass is 10.1. The zero-order valence-electron chi connectivity index (χ0n) is 12.4. The van der Waals surface area contributed by atoms with Gasteiger partial charge >= 0.3 is 0 Å². The highest BCUT2D eigenvalue weighted by Crippen LogP contribution is 2.29. The van der Waals surface area contributed by atoms with E-state index in [1.54, 1.807) is 18.2 Å². The third-order valence-electron chi connectivity index (χ3n) is 3.50. The zero-order chi connectivity index (χ0) is 16.1. The Bertz CT molecular complexity index is 848. The maximum Gasteiger partial charge on any atom is 0.168 e. The van der Waals surface area contributed by atoms with Gasteiger partial charge in [0.1, 0.15) is 12.4 Å². The number of hydrogen-bond acceptors (Lipinski definition) is 3. The molecule has 0 N–H and O–H groups in total. The van der Waals surface area contributed by atoms with Gasteiger partial charge in [-0.15, -0.1) is 0 Å². The molecule has 3 nitrogen and oxygen atoms in total. The second-order valence-corrected chi connectivity index (χ2v) is 6.07. The van der Waals surface area contributed by atoms with Crippen LogP contribution in [0.5, 0.6) is 5.75 Å². The van der Waals surface area contributed by atoms with Crippen molar-refractivity contribution in [2.75, 3.05) is 0 Å². The second kappa shape index (κ2) is 7.11. The molecule has 0 aromatic heterocycles. The molecule has 4 heteroatoms. The van der Waals surface area contributed by atoms with E-state index < -0.39 is 10.7 Å². The highest BCUT2D eigenvalue weighted by atomic mass is 32.2. The van der Waals surface area contributed by atoms with Gasteiger partial charge in [0.05, 0.1) is 4.90 Å². The maximum absolute atomic E-state index is 11.5. The van der Waals surface area contributed by atoms with Gasteiger partial charge in [-0.2, -0.15) is 0 Å². The third-order valence-corrected chi connectivity index (χ3v) is 4.28. The van der Waals surface area contributed by atoms with Gasteiger partial charge in [-0.05, 0) is 29.3 Å². The molecule has 0 amide bonds. The summed E-state index contributed by atoms with van der Waals surface area (Å²) in [5, 5.41) is 0. The van der Waals surface area contributed by atoms with E-state index in [9.17, 15) is 8.42 Å². The predicted molar refractivity (Wildman–Crippen MR) is 91.2 cm³/mol. The molecule has 0 saturated heterocycles. The van der Waals surface area contributed by atoms with E-state index in [1.807, 2.05) is 60.7 Å². The molecular weight excluding hydrogens is 308 g/mol. The normalized spacial score (nSPS) is 10.7. The molecular formula is C19H16O3S. The highest BCUT2D eigenvalue weighted by Gasteiger charge is 2.09. The topological polar surface area (TPSA) is 43.4 Å². The van der Waals surface area contributed by atoms with Crippen LogP contribution in [0.3, 0.4) is 0 Å². The van der Waals surface area contributed by atoms with Gasteiger partial charge < -0.3 is 4.74 Å². The number of thiol groups is 1. The largest absolute Gasteiger partial charge is 0.489 e. The van der Waals surface area contributed by atoms with Gasteiger partial charge in [0, 0.05) is 5.56 Å². The lowest BCUT2D eigenvalue weighted by molar-refractivity contribution is 0.306. The first-order valence-electron chi connectivity index (χ1n) is 7.24. The third kappa shape index (κ3) is 3.79. The fourth-order valence-corrected chi connectivity index (χ4v) is 2.94. The van der Waals surface area contributed by atoms with Crippen LogP contribution in [0.15, 0.2) is 83.8 Å². The summed E-state index contributed by atoms with van der Waals surface area (Å²) in [6, 6.07) is 24.3. The van der Waals surface area contributed by atoms with Crippen LogP contribution < -0.4 is 4.74 Å². The first-order chi connectivity index (χ1) is 11.2. The molecule has 0 saturated carbocycles. The molecule has 0 aliphatic heterocycles. The van der Waals surface area contributed by atoms with Crippen LogP contribution in [0.2, 0.25) is 0 Å². The molecule has 0 heterocycles. The SMILES string of the molecule is O=[SH](=O)c1ccc(OCc2ccccc2)cc1-c1ccccc1. The van der Waals surface area contributed by atoms with Crippen LogP contribution >= 0.6 is 0 Å². The van der Waals surface area contributed by atoms with Crippen LogP contribution in [-0.4, -0.2) is 8.42 Å². The number of hydrogen-bond donors (Lipinski definition) is 1. The summed E-state index contributed by atoms with van der Waals surface area (Å²) in [6.45, 7) is 0.442. The predicted octanol–water partition coefficient (Wildman–Crippen LogP) is 3.90. The van der Waals surface area contributed by atoms with E-state index in [0.717, 1.165) is 11.1 Å². The fourth-order valence-electron chi connectivity index (χ4n) is 2.35. The van der Waals surface area contributed by atoms with E-state index in [4.69, 9.17) is 4.74 Å². The molecule has 0 atom stereocenters. The maximum atomic E-state index is 11.5. The first kappa shape index (κ1) is 15.3. The van der Waals surface area contributed by atoms with Crippen molar-refractivity contribution in [3.05, 3.63) is 84.4 Å². The molecule has 0 spiro atoms. The molecule has 0 aliphatic carbocycles. The molecule has 0 bridgehead atoms. The molecule has 0 aliphatic rings. The van der Waals surface area contributed by atoms with E-state index in [0.29, 0.717) is 22.8 Å². The van der Waals surface area contributed by atoms with Crippen molar-refractivity contribution in [3.8, 4) is 16.9 Å². The molecule has 3 aromatic carbocycles. The van der Waals surface area contributed by atoms with Crippen LogP contribution in [0.1, 0.15) is 5.56 Å². The number of rotatable bonds is 5. The van der Waals surface area contributed by atoms with E-state index in [-0.39, 0.29) is 0 Å². The molecule has 3 aromatic rings. The Hall–Kier alpha value is -2.59. The molecule has 0 unspecified atom stereocenters. The van der Waals surface area contributed by atoms with Gasteiger partial charge in [-0.1, -0.05) is 60.7 Å². The fraction of sp³-hybridized carbons (Fsp3) is 0.0526. The lowest BCUT2D eigenvalue weighted by Crippen LogP contribution is -1.96. The Balaban J connectivity index is 1.91. The van der Waals surface area contributed by atoms with Gasteiger partial charge in [0.15, 0.2) is 10.7 Å². The van der Waals surface area contributed by atoms with Crippen molar-refractivity contribution in [1.82, 2.24) is 0 Å². The van der Waals surface area contributed by atoms with Crippen LogP contribution in [0, 0.1) is 0 Å². The lowest BCUT2D eigenvalue weighted by Gasteiger charge is -2.10. The summed E-state index contributed by atoms with van der Waals surface area (Å²) in [6.07, 6.45) is 0. The Kier molecular flexibility index (Phi) is 4.74. The molecule has 23 heavy (non-hydrogen) atoms. The highest BCUT2D eigenvalue weighted by molar-refractivity contribution is 7.72. The summed E-state index contributed by atoms with van der Waals surface area (Å²) in [5.74, 6) is 0.647. The summed E-state index contributed by atoms with van der Waals surface area (Å²) in [5.41, 5.74) is 2.58. The minimum absolute atomic E-state index is 0.304. The van der Waals surface area contributed by atoms with Crippen molar-refractivity contribution in [3.63, 3.8) is 0 Å². The Morgan fingerprint density at radius 3 is 2.09 bits per heavy atom. The van der Waals surface area contributed by atoms with Gasteiger partial charge in [0.25, 0.3) is 0 Å². The summed E-state index contributed by atoms with van der Waals surface area (Å²) >= 11 is 0. The zero-order valence-corrected chi connectivity index (χ0v) is 13.3. The van der Waals surface area contributed by atoms with Crippen LogP contribution in [0.25, 0.3) is 11.1 Å². The molecule has 0 fully saturated rings. The summed E-state index contributed by atoms with van der Waals surface area (Å²) in [4.78, 5) is 0.304. The van der Waals surface area contributed by atoms with Crippen LogP contribution in [0.4, 0.5) is 0 Å². The van der Waals surface area contributed by atoms with E-state index in [2.05, 4.69) is 0 Å². The minimum atomic E-state index is -2.66. The van der Waals surface area contributed by atoms with Crippen molar-refractivity contribution in [1.29, 1.82) is 0 Å². The molecule has 116 valence electrons. The average Bonchev–Trinajstić information content (AvgIpc) is 2.61. The number of ether oxygens (including phenoxy) is 1. The van der Waals surface area contributed by atoms with E-state index >= 15 is 0 Å². The van der Waals surface area contributed by atoms with Gasteiger partial charge in [0.2, 0.25) is 0 Å². The standard InChI is InChI=1S/C19H16O3S/c20-23(21)19-12-11-17(22-14-15-7-3-1-4-8-15)13-18(19)16-9-5-2-6-10-16/h1-13,23H,14H2. The van der Waals surface area contributed by atoms with Crippen molar-refractivity contribution in [2.24, 2.45) is 0 Å². The molecule has 3 rings (SSSR count).